The summed E-state index contributed by atoms with van der Waals surface area (Å²) in [5.74, 6) is -0.282. The van der Waals surface area contributed by atoms with Crippen LogP contribution in [-0.2, 0) is 17.6 Å². The molecule has 0 aromatic heterocycles. The number of primary amides is 1. The van der Waals surface area contributed by atoms with E-state index < -0.39 is 0 Å². The molecular formula is C12H13NO. The van der Waals surface area contributed by atoms with Gasteiger partial charge in [-0.05, 0) is 30.4 Å². The van der Waals surface area contributed by atoms with Crippen LogP contribution < -0.4 is 5.73 Å². The van der Waals surface area contributed by atoms with Gasteiger partial charge in [0.2, 0.25) is 5.91 Å². The summed E-state index contributed by atoms with van der Waals surface area (Å²) in [7, 11) is 0. The Kier molecular flexibility index (Phi) is 2.35. The fourth-order valence-corrected chi connectivity index (χ4v) is 1.76. The van der Waals surface area contributed by atoms with Gasteiger partial charge in [-0.2, -0.15) is 0 Å². The summed E-state index contributed by atoms with van der Waals surface area (Å²) < 4.78 is 0. The molecule has 0 saturated carbocycles. The van der Waals surface area contributed by atoms with E-state index in [1.165, 1.54) is 11.1 Å². The van der Waals surface area contributed by atoms with Gasteiger partial charge in [0.25, 0.3) is 0 Å². The van der Waals surface area contributed by atoms with E-state index in [0.29, 0.717) is 0 Å². The molecule has 1 aromatic carbocycles. The van der Waals surface area contributed by atoms with Crippen LogP contribution in [0.15, 0.2) is 35.9 Å². The van der Waals surface area contributed by atoms with E-state index in [0.717, 1.165) is 24.8 Å². The molecular weight excluding hydrogens is 174 g/mol. The molecule has 0 unspecified atom stereocenters. The largest absolute Gasteiger partial charge is 0.366 e. The summed E-state index contributed by atoms with van der Waals surface area (Å²) >= 11 is 0. The SMILES string of the molecule is NC(=O)C1=CCc2cccc(c2)CC1. The van der Waals surface area contributed by atoms with Crippen LogP contribution in [0.5, 0.6) is 0 Å². The highest BCUT2D eigenvalue weighted by Crippen LogP contribution is 2.16. The molecule has 0 radical (unpaired) electrons. The molecule has 2 bridgehead atoms. The van der Waals surface area contributed by atoms with Crippen LogP contribution in [0, 0.1) is 0 Å². The minimum Gasteiger partial charge on any atom is -0.366 e. The molecule has 0 heterocycles. The van der Waals surface area contributed by atoms with E-state index in [4.69, 9.17) is 5.73 Å². The van der Waals surface area contributed by atoms with E-state index in [9.17, 15) is 4.79 Å². The number of rotatable bonds is 1. The molecule has 2 N–H and O–H groups in total. The Balaban J connectivity index is 2.30. The lowest BCUT2D eigenvalue weighted by Gasteiger charge is -2.09. The normalized spacial score (nSPS) is 15.3. The summed E-state index contributed by atoms with van der Waals surface area (Å²) in [6, 6.07) is 8.42. The molecule has 2 heteroatoms. The molecule has 1 aliphatic carbocycles. The number of hydrogen-bond acceptors (Lipinski definition) is 1. The second kappa shape index (κ2) is 3.66. The van der Waals surface area contributed by atoms with Crippen molar-refractivity contribution >= 4 is 5.91 Å². The molecule has 2 rings (SSSR count). The second-order valence-electron chi connectivity index (χ2n) is 3.62. The van der Waals surface area contributed by atoms with Crippen LogP contribution in [0.2, 0.25) is 0 Å². The third-order valence-electron chi connectivity index (χ3n) is 2.58. The first-order valence-electron chi connectivity index (χ1n) is 4.82. The summed E-state index contributed by atoms with van der Waals surface area (Å²) in [6.45, 7) is 0. The predicted octanol–water partition coefficient (Wildman–Crippen LogP) is 1.59. The Morgan fingerprint density at radius 1 is 1.21 bits per heavy atom. The minimum atomic E-state index is -0.282. The summed E-state index contributed by atoms with van der Waals surface area (Å²) in [5, 5.41) is 0. The van der Waals surface area contributed by atoms with Crippen molar-refractivity contribution in [3.8, 4) is 0 Å². The summed E-state index contributed by atoms with van der Waals surface area (Å²) in [4.78, 5) is 11.0. The van der Waals surface area contributed by atoms with E-state index in [1.807, 2.05) is 6.08 Å². The van der Waals surface area contributed by atoms with E-state index in [2.05, 4.69) is 24.3 Å². The van der Waals surface area contributed by atoms with Crippen LogP contribution in [0.3, 0.4) is 0 Å². The molecule has 0 saturated heterocycles. The van der Waals surface area contributed by atoms with Crippen LogP contribution >= 0.6 is 0 Å². The Hall–Kier alpha value is -1.57. The monoisotopic (exact) mass is 187 g/mol. The molecule has 0 spiro atoms. The van der Waals surface area contributed by atoms with Crippen LogP contribution in [0.25, 0.3) is 0 Å². The number of carbonyl (C=O) groups is 1. The molecule has 1 aromatic rings. The van der Waals surface area contributed by atoms with Crippen molar-refractivity contribution in [3.05, 3.63) is 47.0 Å². The quantitative estimate of drug-likeness (QED) is 0.712. The zero-order valence-electron chi connectivity index (χ0n) is 7.99. The van der Waals surface area contributed by atoms with Crippen molar-refractivity contribution in [1.82, 2.24) is 0 Å². The zero-order valence-corrected chi connectivity index (χ0v) is 7.99. The number of aryl methyl sites for hydroxylation is 1. The van der Waals surface area contributed by atoms with Crippen LogP contribution in [-0.4, -0.2) is 5.91 Å². The first-order chi connectivity index (χ1) is 6.75. The lowest BCUT2D eigenvalue weighted by Crippen LogP contribution is -2.15. The van der Waals surface area contributed by atoms with Crippen molar-refractivity contribution in [2.24, 2.45) is 5.73 Å². The molecule has 14 heavy (non-hydrogen) atoms. The fraction of sp³-hybridized carbons (Fsp3) is 0.250. The lowest BCUT2D eigenvalue weighted by molar-refractivity contribution is -0.114. The molecule has 1 aliphatic rings. The fourth-order valence-electron chi connectivity index (χ4n) is 1.76. The molecule has 0 aliphatic heterocycles. The standard InChI is InChI=1S/C12H13NO/c13-12(14)11-6-4-9-2-1-3-10(8-9)5-7-11/h1-3,6,8H,4-5,7H2,(H2,13,14). The zero-order chi connectivity index (χ0) is 9.97. The predicted molar refractivity (Wildman–Crippen MR) is 55.7 cm³/mol. The van der Waals surface area contributed by atoms with Gasteiger partial charge in [-0.25, -0.2) is 0 Å². The van der Waals surface area contributed by atoms with Gasteiger partial charge in [-0.3, -0.25) is 4.79 Å². The van der Waals surface area contributed by atoms with Crippen molar-refractivity contribution in [2.45, 2.75) is 19.3 Å². The van der Waals surface area contributed by atoms with Gasteiger partial charge in [0.15, 0.2) is 0 Å². The van der Waals surface area contributed by atoms with E-state index in [-0.39, 0.29) is 5.91 Å². The number of allylic oxidation sites excluding steroid dienone is 1. The smallest absolute Gasteiger partial charge is 0.244 e. The van der Waals surface area contributed by atoms with Gasteiger partial charge in [-0.15, -0.1) is 0 Å². The number of nitrogens with two attached hydrogens (primary N) is 1. The molecule has 0 fully saturated rings. The van der Waals surface area contributed by atoms with Gasteiger partial charge in [0.05, 0.1) is 0 Å². The number of carbonyl (C=O) groups excluding carboxylic acids is 1. The van der Waals surface area contributed by atoms with Crippen molar-refractivity contribution in [3.63, 3.8) is 0 Å². The topological polar surface area (TPSA) is 43.1 Å². The highest BCUT2D eigenvalue weighted by atomic mass is 16.1. The number of fused-ring (bicyclic) bond motifs is 2. The summed E-state index contributed by atoms with van der Waals surface area (Å²) in [6.07, 6.45) is 4.42. The van der Waals surface area contributed by atoms with Crippen LogP contribution in [0.1, 0.15) is 17.5 Å². The average molecular weight is 187 g/mol. The Morgan fingerprint density at radius 2 is 2.00 bits per heavy atom. The van der Waals surface area contributed by atoms with Gasteiger partial charge in [0, 0.05) is 5.57 Å². The maximum absolute atomic E-state index is 11.0. The average Bonchev–Trinajstić information content (AvgIpc) is 2.16. The number of benzene rings is 1. The van der Waals surface area contributed by atoms with E-state index in [1.54, 1.807) is 0 Å². The van der Waals surface area contributed by atoms with Crippen molar-refractivity contribution in [1.29, 1.82) is 0 Å². The Bertz CT molecular complexity index is 393. The van der Waals surface area contributed by atoms with Gasteiger partial charge < -0.3 is 5.73 Å². The third kappa shape index (κ3) is 1.84. The van der Waals surface area contributed by atoms with Gasteiger partial charge in [0.1, 0.15) is 0 Å². The molecule has 2 nitrogen and oxygen atoms in total. The first-order valence-corrected chi connectivity index (χ1v) is 4.82. The first kappa shape index (κ1) is 9.00. The van der Waals surface area contributed by atoms with Crippen molar-refractivity contribution < 1.29 is 4.79 Å². The number of amides is 1. The Labute approximate surface area is 83.4 Å². The van der Waals surface area contributed by atoms with Crippen LogP contribution in [0.4, 0.5) is 0 Å². The highest BCUT2D eigenvalue weighted by Gasteiger charge is 2.08. The summed E-state index contributed by atoms with van der Waals surface area (Å²) in [5.41, 5.74) is 8.57. The van der Waals surface area contributed by atoms with Crippen molar-refractivity contribution in [2.75, 3.05) is 0 Å². The molecule has 0 atom stereocenters. The minimum absolute atomic E-state index is 0.282. The maximum atomic E-state index is 11.0. The molecule has 1 amide bonds. The molecule has 72 valence electrons. The Morgan fingerprint density at radius 3 is 2.79 bits per heavy atom. The highest BCUT2D eigenvalue weighted by molar-refractivity contribution is 5.91. The van der Waals surface area contributed by atoms with Gasteiger partial charge >= 0.3 is 0 Å². The second-order valence-corrected chi connectivity index (χ2v) is 3.62. The number of hydrogen-bond donors (Lipinski definition) is 1. The van der Waals surface area contributed by atoms with Gasteiger partial charge in [-0.1, -0.05) is 30.3 Å². The van der Waals surface area contributed by atoms with E-state index >= 15 is 0 Å². The maximum Gasteiger partial charge on any atom is 0.244 e. The third-order valence-corrected chi connectivity index (χ3v) is 2.58. The lowest BCUT2D eigenvalue weighted by atomic mass is 9.96.